The Balaban J connectivity index is 1.43. The molecule has 0 bridgehead atoms. The van der Waals surface area contributed by atoms with Crippen molar-refractivity contribution in [1.29, 1.82) is 0 Å². The first kappa shape index (κ1) is 20.7. The van der Waals surface area contributed by atoms with Gasteiger partial charge in [0, 0.05) is 30.4 Å². The second-order valence-corrected chi connectivity index (χ2v) is 8.66. The first-order chi connectivity index (χ1) is 15.8. The van der Waals surface area contributed by atoms with Crippen LogP contribution in [0.4, 0.5) is 5.95 Å². The molecule has 4 heterocycles. The van der Waals surface area contributed by atoms with Crippen LogP contribution in [0.25, 0.3) is 22.7 Å². The predicted octanol–water partition coefficient (Wildman–Crippen LogP) is 2.66. The summed E-state index contributed by atoms with van der Waals surface area (Å²) in [6, 6.07) is 3.94. The van der Waals surface area contributed by atoms with E-state index in [1.165, 1.54) is 10.9 Å². The van der Waals surface area contributed by atoms with Crippen molar-refractivity contribution < 1.29 is 14.4 Å². The van der Waals surface area contributed by atoms with Gasteiger partial charge in [-0.25, -0.2) is 14.8 Å². The lowest BCUT2D eigenvalue weighted by Crippen LogP contribution is -2.36. The highest BCUT2D eigenvalue weighted by atomic mass is 16.5. The zero-order valence-corrected chi connectivity index (χ0v) is 18.1. The van der Waals surface area contributed by atoms with E-state index < -0.39 is 11.5 Å². The van der Waals surface area contributed by atoms with E-state index >= 15 is 0 Å². The van der Waals surface area contributed by atoms with Gasteiger partial charge in [-0.2, -0.15) is 10.1 Å². The molecule has 0 spiro atoms. The molecular weight excluding hydrogens is 424 g/mol. The van der Waals surface area contributed by atoms with Crippen molar-refractivity contribution in [2.45, 2.75) is 44.1 Å². The second-order valence-electron chi connectivity index (χ2n) is 8.66. The molecule has 33 heavy (non-hydrogen) atoms. The Morgan fingerprint density at radius 3 is 2.48 bits per heavy atom. The fourth-order valence-corrected chi connectivity index (χ4v) is 3.86. The first-order valence-corrected chi connectivity index (χ1v) is 10.5. The average Bonchev–Trinajstić information content (AvgIpc) is 3.44. The van der Waals surface area contributed by atoms with Gasteiger partial charge in [-0.1, -0.05) is 17.6 Å². The molecule has 3 N–H and O–H groups in total. The number of carboxylic acid groups (broad SMARTS) is 1. The molecule has 0 amide bonds. The van der Waals surface area contributed by atoms with Gasteiger partial charge in [-0.05, 0) is 38.3 Å². The molecule has 1 fully saturated rings. The molecule has 0 aliphatic heterocycles. The van der Waals surface area contributed by atoms with E-state index in [1.807, 2.05) is 18.3 Å². The third kappa shape index (κ3) is 3.41. The number of pyridine rings is 1. The van der Waals surface area contributed by atoms with E-state index in [-0.39, 0.29) is 11.4 Å². The molecule has 11 nitrogen and oxygen atoms in total. The SMILES string of the molecule is CC(C)(C(=O)O)n1cc(-c2nc(C3(c4ccc(-c5cnc(N)nc5)nc4)CCC3)no2)cn1. The topological polar surface area (TPSA) is 159 Å². The van der Waals surface area contributed by atoms with Gasteiger partial charge >= 0.3 is 5.97 Å². The van der Waals surface area contributed by atoms with Crippen LogP contribution in [0.3, 0.4) is 0 Å². The third-order valence-electron chi connectivity index (χ3n) is 6.27. The molecule has 168 valence electrons. The molecule has 1 saturated carbocycles. The standard InChI is InChI=1S/C22H22N8O3/c1-21(2,19(31)32)30-12-14(10-27-30)17-28-18(29-33-17)22(6-3-7-22)15-4-5-16(24-11-15)13-8-25-20(23)26-9-13/h4-5,8-12H,3,6-7H2,1-2H3,(H,31,32)(H2,23,25,26). The van der Waals surface area contributed by atoms with Crippen LogP contribution in [0.1, 0.15) is 44.5 Å². The van der Waals surface area contributed by atoms with Crippen molar-refractivity contribution in [3.8, 4) is 22.7 Å². The fourth-order valence-electron chi connectivity index (χ4n) is 3.86. The van der Waals surface area contributed by atoms with Crippen molar-refractivity contribution in [1.82, 2.24) is 34.9 Å². The summed E-state index contributed by atoms with van der Waals surface area (Å²) in [7, 11) is 0. The third-order valence-corrected chi connectivity index (χ3v) is 6.27. The highest BCUT2D eigenvalue weighted by Gasteiger charge is 2.45. The number of aliphatic carboxylic acids is 1. The molecule has 0 radical (unpaired) electrons. The summed E-state index contributed by atoms with van der Waals surface area (Å²) in [5.74, 6) is 0.110. The Kier molecular flexibility index (Phi) is 4.69. The van der Waals surface area contributed by atoms with Crippen molar-refractivity contribution >= 4 is 11.9 Å². The number of carboxylic acids is 1. The van der Waals surface area contributed by atoms with Crippen LogP contribution in [-0.4, -0.2) is 45.9 Å². The predicted molar refractivity (Wildman–Crippen MR) is 117 cm³/mol. The van der Waals surface area contributed by atoms with E-state index in [2.05, 4.69) is 30.2 Å². The van der Waals surface area contributed by atoms with Crippen molar-refractivity contribution in [3.05, 3.63) is 54.5 Å². The number of nitrogen functional groups attached to an aromatic ring is 1. The van der Waals surface area contributed by atoms with E-state index in [0.717, 1.165) is 36.1 Å². The van der Waals surface area contributed by atoms with Crippen molar-refractivity contribution in [2.24, 2.45) is 0 Å². The van der Waals surface area contributed by atoms with Crippen LogP contribution in [0.5, 0.6) is 0 Å². The summed E-state index contributed by atoms with van der Waals surface area (Å²) in [4.78, 5) is 28.8. The minimum atomic E-state index is -1.20. The van der Waals surface area contributed by atoms with Crippen LogP contribution in [0, 0.1) is 0 Å². The highest BCUT2D eigenvalue weighted by Crippen LogP contribution is 2.48. The minimum Gasteiger partial charge on any atom is -0.479 e. The summed E-state index contributed by atoms with van der Waals surface area (Å²) >= 11 is 0. The van der Waals surface area contributed by atoms with Gasteiger partial charge in [0.25, 0.3) is 5.89 Å². The van der Waals surface area contributed by atoms with Crippen LogP contribution >= 0.6 is 0 Å². The number of aromatic nitrogens is 7. The smallest absolute Gasteiger partial charge is 0.331 e. The Hall–Kier alpha value is -4.15. The lowest BCUT2D eigenvalue weighted by Gasteiger charge is -2.39. The van der Waals surface area contributed by atoms with Gasteiger partial charge < -0.3 is 15.4 Å². The number of hydrogen-bond acceptors (Lipinski definition) is 9. The minimum absolute atomic E-state index is 0.216. The van der Waals surface area contributed by atoms with Crippen molar-refractivity contribution in [2.75, 3.05) is 5.73 Å². The summed E-state index contributed by atoms with van der Waals surface area (Å²) in [5.41, 5.74) is 7.08. The molecule has 1 aliphatic carbocycles. The molecule has 1 aliphatic rings. The zero-order valence-electron chi connectivity index (χ0n) is 18.1. The maximum atomic E-state index is 11.5. The van der Waals surface area contributed by atoms with E-state index in [1.54, 1.807) is 32.4 Å². The first-order valence-electron chi connectivity index (χ1n) is 10.5. The van der Waals surface area contributed by atoms with E-state index in [0.29, 0.717) is 17.3 Å². The lowest BCUT2D eigenvalue weighted by molar-refractivity contribution is -0.146. The molecule has 0 unspecified atom stereocenters. The maximum absolute atomic E-state index is 11.5. The van der Waals surface area contributed by atoms with E-state index in [9.17, 15) is 9.90 Å². The Labute approximate surface area is 188 Å². The number of anilines is 1. The van der Waals surface area contributed by atoms with Crippen LogP contribution in [0.15, 0.2) is 47.6 Å². The molecule has 11 heteroatoms. The van der Waals surface area contributed by atoms with Gasteiger partial charge in [0.2, 0.25) is 5.95 Å². The molecule has 5 rings (SSSR count). The van der Waals surface area contributed by atoms with Gasteiger partial charge in [0.1, 0.15) is 0 Å². The zero-order chi connectivity index (χ0) is 23.2. The monoisotopic (exact) mass is 446 g/mol. The van der Waals surface area contributed by atoms with Gasteiger partial charge in [-0.15, -0.1) is 0 Å². The van der Waals surface area contributed by atoms with Crippen LogP contribution < -0.4 is 5.73 Å². The normalized spacial score (nSPS) is 15.2. The van der Waals surface area contributed by atoms with Crippen LogP contribution in [0.2, 0.25) is 0 Å². The largest absolute Gasteiger partial charge is 0.479 e. The van der Waals surface area contributed by atoms with Gasteiger partial charge in [0.15, 0.2) is 11.4 Å². The summed E-state index contributed by atoms with van der Waals surface area (Å²) in [6.07, 6.45) is 11.0. The molecule has 0 saturated heterocycles. The number of nitrogens with two attached hydrogens (primary N) is 1. The molecule has 4 aromatic heterocycles. The molecule has 0 atom stereocenters. The second kappa shape index (κ2) is 7.47. The average molecular weight is 446 g/mol. The van der Waals surface area contributed by atoms with Gasteiger partial charge in [-0.3, -0.25) is 9.67 Å². The lowest BCUT2D eigenvalue weighted by atomic mass is 9.64. The molecular formula is C22H22N8O3. The number of nitrogens with zero attached hydrogens (tertiary/aromatic N) is 7. The quantitative estimate of drug-likeness (QED) is 0.451. The van der Waals surface area contributed by atoms with Gasteiger partial charge in [0.05, 0.1) is 22.9 Å². The summed E-state index contributed by atoms with van der Waals surface area (Å²) in [5, 5.41) is 17.9. The molecule has 0 aromatic carbocycles. The number of hydrogen-bond donors (Lipinski definition) is 2. The summed E-state index contributed by atoms with van der Waals surface area (Å²) in [6.45, 7) is 3.14. The number of carbonyl (C=O) groups is 1. The fraction of sp³-hybridized carbons (Fsp3) is 0.318. The van der Waals surface area contributed by atoms with E-state index in [4.69, 9.17) is 10.3 Å². The van der Waals surface area contributed by atoms with Crippen molar-refractivity contribution in [3.63, 3.8) is 0 Å². The Morgan fingerprint density at radius 1 is 1.12 bits per heavy atom. The maximum Gasteiger partial charge on any atom is 0.331 e. The Bertz CT molecular complexity index is 1300. The molecule has 4 aromatic rings. The van der Waals surface area contributed by atoms with Crippen LogP contribution in [-0.2, 0) is 15.7 Å². The summed E-state index contributed by atoms with van der Waals surface area (Å²) < 4.78 is 6.91. The number of rotatable bonds is 6. The highest BCUT2D eigenvalue weighted by molar-refractivity contribution is 5.75. The Morgan fingerprint density at radius 2 is 1.88 bits per heavy atom.